The number of nitrogens with two attached hydrogens (primary N) is 1. The largest absolute Gasteiger partial charge is 0.456 e. The van der Waals surface area contributed by atoms with E-state index in [1.165, 1.54) is 23.8 Å². The Labute approximate surface area is 258 Å². The molecule has 0 aliphatic carbocycles. The summed E-state index contributed by atoms with van der Waals surface area (Å²) in [5.41, 5.74) is 10.5. The number of nitrogens with one attached hydrogen (secondary N) is 1. The zero-order valence-corrected chi connectivity index (χ0v) is 25.5. The van der Waals surface area contributed by atoms with Crippen molar-refractivity contribution in [2.45, 2.75) is 77.1 Å². The van der Waals surface area contributed by atoms with E-state index in [-0.39, 0.29) is 37.1 Å². The highest BCUT2D eigenvalue weighted by molar-refractivity contribution is 5.98. The van der Waals surface area contributed by atoms with E-state index >= 15 is 0 Å². The number of benzene rings is 3. The van der Waals surface area contributed by atoms with Gasteiger partial charge >= 0.3 is 5.97 Å². The molecule has 1 amide bonds. The van der Waals surface area contributed by atoms with Crippen molar-refractivity contribution in [2.24, 2.45) is 5.73 Å². The lowest BCUT2D eigenvalue weighted by Gasteiger charge is -2.35. The quantitative estimate of drug-likeness (QED) is 0.234. The van der Waals surface area contributed by atoms with Gasteiger partial charge in [-0.1, -0.05) is 31.2 Å². The van der Waals surface area contributed by atoms with Crippen LogP contribution in [0.4, 0.5) is 8.78 Å². The standard InChI is InChI=1S/C35H43F2N3O4/c1-3-24-7-6-8-25(15-24)21-39-22-33(32(38)18-26-16-29(36)20-30(37)17-26)44-35(43)28-14-23(2)13-27(19-28)34(42)40-11-5-4-9-31(40)10-12-41/h6-8,13-17,19-20,31-33,39,41H,3-5,9-12,18,21-22,38H2,1-2H3/t31?,32-,33+/m0/s1. The molecule has 0 radical (unpaired) electrons. The van der Waals surface area contributed by atoms with Crippen LogP contribution in [-0.4, -0.2) is 59.8 Å². The molecule has 0 saturated carbocycles. The first-order valence-electron chi connectivity index (χ1n) is 15.4. The molecule has 9 heteroatoms. The molecular weight excluding hydrogens is 564 g/mol. The number of hydrogen-bond acceptors (Lipinski definition) is 6. The summed E-state index contributed by atoms with van der Waals surface area (Å²) >= 11 is 0. The van der Waals surface area contributed by atoms with E-state index in [1.807, 2.05) is 19.1 Å². The highest BCUT2D eigenvalue weighted by atomic mass is 19.1. The van der Waals surface area contributed by atoms with Gasteiger partial charge in [0.15, 0.2) is 0 Å². The lowest BCUT2D eigenvalue weighted by atomic mass is 9.97. The van der Waals surface area contributed by atoms with Crippen LogP contribution >= 0.6 is 0 Å². The highest BCUT2D eigenvalue weighted by Crippen LogP contribution is 2.23. The maximum absolute atomic E-state index is 13.9. The van der Waals surface area contributed by atoms with E-state index in [9.17, 15) is 23.5 Å². The molecule has 7 nitrogen and oxygen atoms in total. The van der Waals surface area contributed by atoms with Crippen molar-refractivity contribution in [1.29, 1.82) is 0 Å². The second-order valence-corrected chi connectivity index (χ2v) is 11.6. The van der Waals surface area contributed by atoms with Crippen molar-refractivity contribution in [2.75, 3.05) is 19.7 Å². The smallest absolute Gasteiger partial charge is 0.338 e. The van der Waals surface area contributed by atoms with Crippen molar-refractivity contribution in [3.63, 3.8) is 0 Å². The highest BCUT2D eigenvalue weighted by Gasteiger charge is 2.29. The summed E-state index contributed by atoms with van der Waals surface area (Å²) in [4.78, 5) is 28.8. The molecule has 0 bridgehead atoms. The molecule has 1 fully saturated rings. The number of amides is 1. The van der Waals surface area contributed by atoms with Crippen molar-refractivity contribution < 1.29 is 28.2 Å². The lowest BCUT2D eigenvalue weighted by molar-refractivity contribution is 0.0238. The molecule has 3 aromatic rings. The van der Waals surface area contributed by atoms with Crippen LogP contribution in [-0.2, 0) is 24.1 Å². The summed E-state index contributed by atoms with van der Waals surface area (Å²) in [5.74, 6) is -2.24. The molecule has 0 aromatic heterocycles. The van der Waals surface area contributed by atoms with Gasteiger partial charge in [0.2, 0.25) is 0 Å². The predicted octanol–water partition coefficient (Wildman–Crippen LogP) is 5.10. The molecule has 1 aliphatic rings. The topological polar surface area (TPSA) is 105 Å². The lowest BCUT2D eigenvalue weighted by Crippen LogP contribution is -2.46. The fourth-order valence-corrected chi connectivity index (χ4v) is 5.84. The SMILES string of the molecule is CCc1cccc(CNC[C@@H](OC(=O)c2cc(C)cc(C(=O)N3CCCCC3CCO)c2)[C@@H](N)Cc2cc(F)cc(F)c2)c1. The summed E-state index contributed by atoms with van der Waals surface area (Å²) in [7, 11) is 0. The first kappa shape index (κ1) is 33.2. The molecule has 4 N–H and O–H groups in total. The Balaban J connectivity index is 1.52. The van der Waals surface area contributed by atoms with Gasteiger partial charge in [-0.25, -0.2) is 13.6 Å². The van der Waals surface area contributed by atoms with Gasteiger partial charge in [-0.3, -0.25) is 4.79 Å². The zero-order chi connectivity index (χ0) is 31.6. The maximum Gasteiger partial charge on any atom is 0.338 e. The Bertz CT molecular complexity index is 1410. The molecule has 0 spiro atoms. The van der Waals surface area contributed by atoms with Gasteiger partial charge < -0.3 is 25.8 Å². The van der Waals surface area contributed by atoms with Crippen molar-refractivity contribution in [3.8, 4) is 0 Å². The van der Waals surface area contributed by atoms with Gasteiger partial charge in [0.25, 0.3) is 5.91 Å². The van der Waals surface area contributed by atoms with Gasteiger partial charge in [-0.05, 0) is 98.0 Å². The molecule has 4 rings (SSSR count). The van der Waals surface area contributed by atoms with E-state index in [0.29, 0.717) is 30.6 Å². The van der Waals surface area contributed by atoms with Crippen molar-refractivity contribution >= 4 is 11.9 Å². The summed E-state index contributed by atoms with van der Waals surface area (Å²) in [6, 6.07) is 15.5. The van der Waals surface area contributed by atoms with E-state index in [1.54, 1.807) is 17.0 Å². The third-order valence-corrected chi connectivity index (χ3v) is 8.11. The average molecular weight is 608 g/mol. The van der Waals surface area contributed by atoms with Gasteiger partial charge in [0.1, 0.15) is 17.7 Å². The number of rotatable bonds is 13. The van der Waals surface area contributed by atoms with Gasteiger partial charge in [-0.15, -0.1) is 0 Å². The monoisotopic (exact) mass is 607 g/mol. The summed E-state index contributed by atoms with van der Waals surface area (Å²) in [6.07, 6.45) is 3.39. The molecular formula is C35H43F2N3O4. The number of piperidine rings is 1. The number of halogens is 2. The molecule has 3 aromatic carbocycles. The number of hydrogen-bond donors (Lipinski definition) is 3. The number of likely N-dealkylation sites (tertiary alicyclic amines) is 1. The fourth-order valence-electron chi connectivity index (χ4n) is 5.84. The van der Waals surface area contributed by atoms with Crippen molar-refractivity contribution in [3.05, 3.63) is 106 Å². The number of esters is 1. The van der Waals surface area contributed by atoms with E-state index in [0.717, 1.165) is 42.9 Å². The van der Waals surface area contributed by atoms with Crippen LogP contribution in [0.25, 0.3) is 0 Å². The summed E-state index contributed by atoms with van der Waals surface area (Å²) in [6.45, 7) is 5.21. The number of aryl methyl sites for hydroxylation is 2. The van der Waals surface area contributed by atoms with Crippen molar-refractivity contribution in [1.82, 2.24) is 10.2 Å². The van der Waals surface area contributed by atoms with Gasteiger partial charge in [0, 0.05) is 50.0 Å². The molecule has 1 unspecified atom stereocenters. The average Bonchev–Trinajstić information content (AvgIpc) is 3.00. The van der Waals surface area contributed by atoms with Crippen LogP contribution in [0.2, 0.25) is 0 Å². The Kier molecular flexibility index (Phi) is 12.0. The second kappa shape index (κ2) is 15.9. The molecule has 1 heterocycles. The fraction of sp³-hybridized carbons (Fsp3) is 0.429. The molecule has 1 aliphatic heterocycles. The minimum atomic E-state index is -0.834. The Morgan fingerprint density at radius 1 is 1.02 bits per heavy atom. The van der Waals surface area contributed by atoms with E-state index in [4.69, 9.17) is 10.5 Å². The first-order valence-corrected chi connectivity index (χ1v) is 15.4. The summed E-state index contributed by atoms with van der Waals surface area (Å²) < 4.78 is 33.7. The number of aliphatic hydroxyl groups is 1. The molecule has 44 heavy (non-hydrogen) atoms. The summed E-state index contributed by atoms with van der Waals surface area (Å²) in [5, 5.41) is 12.8. The molecule has 3 atom stereocenters. The minimum absolute atomic E-state index is 0.00181. The number of aliphatic hydroxyl groups excluding tert-OH is 1. The van der Waals surface area contributed by atoms with Gasteiger partial charge in [-0.2, -0.15) is 0 Å². The van der Waals surface area contributed by atoms with Crippen LogP contribution in [0, 0.1) is 18.6 Å². The van der Waals surface area contributed by atoms with E-state index < -0.39 is 29.7 Å². The number of nitrogens with zero attached hydrogens (tertiary/aromatic N) is 1. The van der Waals surface area contributed by atoms with Crippen LogP contribution in [0.15, 0.2) is 60.7 Å². The normalized spacial score (nSPS) is 16.4. The molecule has 1 saturated heterocycles. The van der Waals surface area contributed by atoms with E-state index in [2.05, 4.69) is 24.4 Å². The maximum atomic E-state index is 13.9. The molecule has 236 valence electrons. The Morgan fingerprint density at radius 3 is 2.48 bits per heavy atom. The van der Waals surface area contributed by atoms with Gasteiger partial charge in [0.05, 0.1) is 5.56 Å². The first-order chi connectivity index (χ1) is 21.2. The Hall–Kier alpha value is -3.66. The second-order valence-electron chi connectivity index (χ2n) is 11.6. The van der Waals surface area contributed by atoms with Crippen LogP contribution in [0.1, 0.15) is 75.6 Å². The third kappa shape index (κ3) is 9.17. The number of carbonyl (C=O) groups excluding carboxylic acids is 2. The number of carbonyl (C=O) groups is 2. The van der Waals surface area contributed by atoms with Crippen LogP contribution in [0.5, 0.6) is 0 Å². The van der Waals surface area contributed by atoms with Crippen LogP contribution in [0.3, 0.4) is 0 Å². The zero-order valence-electron chi connectivity index (χ0n) is 25.5. The third-order valence-electron chi connectivity index (χ3n) is 8.11. The Morgan fingerprint density at radius 2 is 1.75 bits per heavy atom. The predicted molar refractivity (Wildman–Crippen MR) is 166 cm³/mol. The minimum Gasteiger partial charge on any atom is -0.456 e. The number of ether oxygens (including phenoxy) is 1. The van der Waals surface area contributed by atoms with Crippen LogP contribution < -0.4 is 11.1 Å².